The van der Waals surface area contributed by atoms with Gasteiger partial charge in [-0.3, -0.25) is 4.79 Å². The van der Waals surface area contributed by atoms with E-state index in [4.69, 9.17) is 10.7 Å². The Balaban J connectivity index is 2.31. The minimum Gasteiger partial charge on any atom is -0.354 e. The van der Waals surface area contributed by atoms with Crippen LogP contribution >= 0.6 is 10.7 Å². The van der Waals surface area contributed by atoms with E-state index in [1.807, 2.05) is 19.9 Å². The summed E-state index contributed by atoms with van der Waals surface area (Å²) in [6.07, 6.45) is 1.76. The molecule has 114 valence electrons. The number of nitrogens with zero attached hydrogens (tertiary/aromatic N) is 1. The molecule has 5 nitrogen and oxygen atoms in total. The molecule has 1 aromatic carbocycles. The number of hydrogen-bond donors (Lipinski definition) is 1. The van der Waals surface area contributed by atoms with E-state index in [0.29, 0.717) is 11.9 Å². The summed E-state index contributed by atoms with van der Waals surface area (Å²) in [5.74, 6) is -0.0712. The Morgan fingerprint density at radius 2 is 2.00 bits per heavy atom. The van der Waals surface area contributed by atoms with E-state index in [2.05, 4.69) is 5.32 Å². The quantitative estimate of drug-likeness (QED) is 0.857. The second-order valence-electron chi connectivity index (χ2n) is 5.11. The highest BCUT2D eigenvalue weighted by molar-refractivity contribution is 8.14. The van der Waals surface area contributed by atoms with Crippen LogP contribution in [0.25, 0.3) is 10.9 Å². The van der Waals surface area contributed by atoms with E-state index >= 15 is 0 Å². The molecule has 7 heteroatoms. The van der Waals surface area contributed by atoms with Gasteiger partial charge in [0.1, 0.15) is 4.90 Å². The van der Waals surface area contributed by atoms with Crippen LogP contribution in [-0.4, -0.2) is 24.9 Å². The van der Waals surface area contributed by atoms with Crippen molar-refractivity contribution >= 4 is 36.5 Å². The first-order valence-electron chi connectivity index (χ1n) is 6.61. The lowest BCUT2D eigenvalue weighted by Crippen LogP contribution is -2.30. The van der Waals surface area contributed by atoms with Crippen molar-refractivity contribution in [3.05, 3.63) is 30.5 Å². The summed E-state index contributed by atoms with van der Waals surface area (Å²) >= 11 is 0. The predicted molar refractivity (Wildman–Crippen MR) is 82.9 cm³/mol. The summed E-state index contributed by atoms with van der Waals surface area (Å²) < 4.78 is 25.0. The van der Waals surface area contributed by atoms with E-state index < -0.39 is 9.05 Å². The molecule has 1 heterocycles. The van der Waals surface area contributed by atoms with Crippen LogP contribution in [0.3, 0.4) is 0 Å². The molecule has 2 aromatic rings. The highest BCUT2D eigenvalue weighted by Gasteiger charge is 2.18. The fourth-order valence-electron chi connectivity index (χ4n) is 2.21. The van der Waals surface area contributed by atoms with E-state index in [-0.39, 0.29) is 23.3 Å². The van der Waals surface area contributed by atoms with Crippen molar-refractivity contribution in [2.24, 2.45) is 0 Å². The van der Waals surface area contributed by atoms with Crippen molar-refractivity contribution in [2.45, 2.75) is 37.8 Å². The van der Waals surface area contributed by atoms with E-state index in [1.54, 1.807) is 22.8 Å². The fraction of sp³-hybridized carbons (Fsp3) is 0.357. The second kappa shape index (κ2) is 6.07. The molecule has 0 saturated carbocycles. The third-order valence-corrected chi connectivity index (χ3v) is 4.39. The van der Waals surface area contributed by atoms with Crippen LogP contribution in [0, 0.1) is 0 Å². The fourth-order valence-corrected chi connectivity index (χ4v) is 3.27. The Bertz CT molecular complexity index is 766. The maximum absolute atomic E-state index is 11.7. The van der Waals surface area contributed by atoms with Crippen molar-refractivity contribution in [1.29, 1.82) is 0 Å². The molecule has 0 aliphatic rings. The summed E-state index contributed by atoms with van der Waals surface area (Å²) in [6, 6.07) is 7.16. The molecule has 0 radical (unpaired) electrons. The number of para-hydroxylation sites is 1. The Morgan fingerprint density at radius 1 is 1.33 bits per heavy atom. The van der Waals surface area contributed by atoms with Gasteiger partial charge < -0.3 is 9.88 Å². The van der Waals surface area contributed by atoms with Gasteiger partial charge in [-0.15, -0.1) is 0 Å². The first-order valence-corrected chi connectivity index (χ1v) is 8.92. The third-order valence-electron chi connectivity index (χ3n) is 3.04. The molecule has 0 fully saturated rings. The highest BCUT2D eigenvalue weighted by Crippen LogP contribution is 2.27. The van der Waals surface area contributed by atoms with Gasteiger partial charge in [-0.1, -0.05) is 18.2 Å². The molecule has 0 saturated heterocycles. The van der Waals surface area contributed by atoms with Crippen molar-refractivity contribution < 1.29 is 13.2 Å². The van der Waals surface area contributed by atoms with Crippen molar-refractivity contribution in [1.82, 2.24) is 9.88 Å². The molecule has 0 unspecified atom stereocenters. The lowest BCUT2D eigenvalue weighted by Gasteiger charge is -2.09. The summed E-state index contributed by atoms with van der Waals surface area (Å²) in [5.41, 5.74) is 0.745. The molecule has 2 rings (SSSR count). The maximum Gasteiger partial charge on any atom is 0.263 e. The van der Waals surface area contributed by atoms with Gasteiger partial charge in [0, 0.05) is 46.8 Å². The smallest absolute Gasteiger partial charge is 0.263 e. The van der Waals surface area contributed by atoms with Gasteiger partial charge in [-0.05, 0) is 19.9 Å². The van der Waals surface area contributed by atoms with Crippen LogP contribution in [0.4, 0.5) is 0 Å². The average molecular weight is 329 g/mol. The topological polar surface area (TPSA) is 68.2 Å². The lowest BCUT2D eigenvalue weighted by molar-refractivity contribution is -0.121. The van der Waals surface area contributed by atoms with Crippen molar-refractivity contribution in [3.63, 3.8) is 0 Å². The molecular formula is C14H17ClN2O3S. The molecular weight excluding hydrogens is 312 g/mol. The Labute approximate surface area is 128 Å². The molecule has 0 aliphatic carbocycles. The summed E-state index contributed by atoms with van der Waals surface area (Å²) in [4.78, 5) is 11.8. The zero-order chi connectivity index (χ0) is 15.6. The monoisotopic (exact) mass is 328 g/mol. The number of nitrogens with one attached hydrogen (secondary N) is 1. The SMILES string of the molecule is CC(C)NC(=O)CCn1cc(S(=O)(=O)Cl)c2ccccc21. The molecule has 1 aromatic heterocycles. The minimum atomic E-state index is -3.82. The van der Waals surface area contributed by atoms with Crippen LogP contribution in [0.15, 0.2) is 35.4 Å². The largest absolute Gasteiger partial charge is 0.354 e. The van der Waals surface area contributed by atoms with Gasteiger partial charge in [0.2, 0.25) is 5.91 Å². The lowest BCUT2D eigenvalue weighted by atomic mass is 10.2. The molecule has 1 N–H and O–H groups in total. The zero-order valence-corrected chi connectivity index (χ0v) is 13.4. The van der Waals surface area contributed by atoms with Gasteiger partial charge in [0.05, 0.1) is 0 Å². The van der Waals surface area contributed by atoms with Crippen LogP contribution in [-0.2, 0) is 20.4 Å². The third kappa shape index (κ3) is 3.77. The van der Waals surface area contributed by atoms with Gasteiger partial charge >= 0.3 is 0 Å². The Hall–Kier alpha value is -1.53. The normalized spacial score (nSPS) is 12.0. The summed E-state index contributed by atoms with van der Waals surface area (Å²) in [5, 5.41) is 3.37. The van der Waals surface area contributed by atoms with Crippen molar-refractivity contribution in [3.8, 4) is 0 Å². The molecule has 21 heavy (non-hydrogen) atoms. The van der Waals surface area contributed by atoms with Gasteiger partial charge in [0.15, 0.2) is 0 Å². The molecule has 0 atom stereocenters. The van der Waals surface area contributed by atoms with Crippen LogP contribution in [0.5, 0.6) is 0 Å². The van der Waals surface area contributed by atoms with Crippen LogP contribution < -0.4 is 5.32 Å². The van der Waals surface area contributed by atoms with Gasteiger partial charge in [0.25, 0.3) is 9.05 Å². The van der Waals surface area contributed by atoms with Crippen LogP contribution in [0.1, 0.15) is 20.3 Å². The van der Waals surface area contributed by atoms with E-state index in [1.165, 1.54) is 6.20 Å². The van der Waals surface area contributed by atoms with E-state index in [9.17, 15) is 13.2 Å². The number of hydrogen-bond acceptors (Lipinski definition) is 3. The van der Waals surface area contributed by atoms with Crippen LogP contribution in [0.2, 0.25) is 0 Å². The number of aromatic nitrogens is 1. The van der Waals surface area contributed by atoms with Gasteiger partial charge in [-0.2, -0.15) is 0 Å². The zero-order valence-electron chi connectivity index (χ0n) is 11.8. The number of fused-ring (bicyclic) bond motifs is 1. The van der Waals surface area contributed by atoms with Crippen molar-refractivity contribution in [2.75, 3.05) is 0 Å². The van der Waals surface area contributed by atoms with Gasteiger partial charge in [-0.25, -0.2) is 8.42 Å². The molecule has 0 spiro atoms. The number of carbonyl (C=O) groups is 1. The second-order valence-corrected chi connectivity index (χ2v) is 7.65. The number of amides is 1. The first-order chi connectivity index (χ1) is 9.79. The first kappa shape index (κ1) is 15.9. The number of aryl methyl sites for hydroxylation is 1. The molecule has 1 amide bonds. The molecule has 0 aliphatic heterocycles. The minimum absolute atomic E-state index is 0.0712. The molecule has 0 bridgehead atoms. The number of halogens is 1. The maximum atomic E-state index is 11.7. The predicted octanol–water partition coefficient (Wildman–Crippen LogP) is 2.48. The highest BCUT2D eigenvalue weighted by atomic mass is 35.7. The Morgan fingerprint density at radius 3 is 2.62 bits per heavy atom. The summed E-state index contributed by atoms with van der Waals surface area (Å²) in [6.45, 7) is 4.17. The standard InChI is InChI=1S/C14H17ClN2O3S/c1-10(2)16-14(18)7-8-17-9-13(21(15,19)20)11-5-3-4-6-12(11)17/h3-6,9-10H,7-8H2,1-2H3,(H,16,18). The van der Waals surface area contributed by atoms with E-state index in [0.717, 1.165) is 5.52 Å². The number of rotatable bonds is 5. The Kier molecular flexibility index (Phi) is 4.58. The average Bonchev–Trinajstić information content (AvgIpc) is 2.74. The number of benzene rings is 1. The summed E-state index contributed by atoms with van der Waals surface area (Å²) in [7, 11) is 1.65. The number of carbonyl (C=O) groups excluding carboxylic acids is 1.